The number of oxime groups is 1. The van der Waals surface area contributed by atoms with Crippen molar-refractivity contribution >= 4 is 6.21 Å². The zero-order valence-corrected chi connectivity index (χ0v) is 15.0. The molecule has 0 aliphatic heterocycles. The Morgan fingerprint density at radius 2 is 1.85 bits per heavy atom. The Bertz CT molecular complexity index is 1030. The molecule has 26 heavy (non-hydrogen) atoms. The van der Waals surface area contributed by atoms with Crippen LogP contribution < -0.4 is 0 Å². The zero-order valence-electron chi connectivity index (χ0n) is 15.0. The van der Waals surface area contributed by atoms with Gasteiger partial charge in [-0.25, -0.2) is 0 Å². The van der Waals surface area contributed by atoms with Gasteiger partial charge in [0.15, 0.2) is 0 Å². The van der Waals surface area contributed by atoms with Crippen LogP contribution in [-0.4, -0.2) is 26.3 Å². The monoisotopic (exact) mass is 349 g/mol. The van der Waals surface area contributed by atoms with E-state index in [2.05, 4.69) is 22.2 Å². The smallest absolute Gasteiger partial charge is 0.141 e. The summed E-state index contributed by atoms with van der Waals surface area (Å²) in [6, 6.07) is 6.91. The minimum atomic E-state index is 0.184. The van der Waals surface area contributed by atoms with Crippen LogP contribution in [-0.2, 0) is 7.05 Å². The molecule has 6 heteroatoms. The molecule has 3 aromatic rings. The molecule has 0 atom stereocenters. The largest absolute Gasteiger partial charge is 0.508 e. The summed E-state index contributed by atoms with van der Waals surface area (Å²) in [5.41, 5.74) is 5.59. The lowest BCUT2D eigenvalue weighted by Gasteiger charge is -2.07. The van der Waals surface area contributed by atoms with Crippen molar-refractivity contribution in [1.29, 1.82) is 0 Å². The summed E-state index contributed by atoms with van der Waals surface area (Å²) in [6.45, 7) is 5.47. The van der Waals surface area contributed by atoms with E-state index in [1.807, 2.05) is 37.6 Å². The van der Waals surface area contributed by atoms with Crippen LogP contribution in [0.3, 0.4) is 0 Å². The molecule has 2 N–H and O–H groups in total. The van der Waals surface area contributed by atoms with Crippen molar-refractivity contribution in [3.63, 3.8) is 0 Å². The highest BCUT2D eigenvalue weighted by molar-refractivity contribution is 6.00. The van der Waals surface area contributed by atoms with Crippen LogP contribution in [0.25, 0.3) is 22.3 Å². The molecule has 0 bridgehead atoms. The van der Waals surface area contributed by atoms with E-state index < -0.39 is 0 Å². The van der Waals surface area contributed by atoms with Crippen molar-refractivity contribution in [2.75, 3.05) is 0 Å². The third kappa shape index (κ3) is 2.74. The predicted molar refractivity (Wildman–Crippen MR) is 99.4 cm³/mol. The van der Waals surface area contributed by atoms with Gasteiger partial charge in [0.2, 0.25) is 0 Å². The molecule has 0 aliphatic rings. The number of phenols is 1. The molecule has 0 spiro atoms. The molecule has 0 fully saturated rings. The fraction of sp³-hybridized carbons (Fsp3) is 0.200. The topological polar surface area (TPSA) is 83.8 Å². The number of nitrogens with zero attached hydrogens (tertiary/aromatic N) is 3. The molecule has 1 aromatic carbocycles. The van der Waals surface area contributed by atoms with E-state index in [-0.39, 0.29) is 5.75 Å². The van der Waals surface area contributed by atoms with Crippen LogP contribution in [0.15, 0.2) is 33.9 Å². The van der Waals surface area contributed by atoms with Crippen molar-refractivity contribution < 1.29 is 14.8 Å². The number of rotatable bonds is 3. The van der Waals surface area contributed by atoms with Crippen LogP contribution in [0, 0.1) is 25.7 Å². The van der Waals surface area contributed by atoms with Crippen LogP contribution in [0.4, 0.5) is 0 Å². The molecule has 2 aromatic heterocycles. The second-order valence-corrected chi connectivity index (χ2v) is 5.91. The first-order valence-corrected chi connectivity index (χ1v) is 8.05. The van der Waals surface area contributed by atoms with Gasteiger partial charge in [-0.1, -0.05) is 28.4 Å². The molecule has 0 amide bonds. The van der Waals surface area contributed by atoms with E-state index >= 15 is 0 Å². The minimum absolute atomic E-state index is 0.184. The summed E-state index contributed by atoms with van der Waals surface area (Å²) in [7, 11) is 1.86. The highest BCUT2D eigenvalue weighted by atomic mass is 16.5. The second kappa shape index (κ2) is 6.81. The zero-order chi connectivity index (χ0) is 18.8. The number of hydrogen-bond donors (Lipinski definition) is 2. The van der Waals surface area contributed by atoms with Gasteiger partial charge in [0, 0.05) is 18.2 Å². The molecule has 0 radical (unpaired) electrons. The van der Waals surface area contributed by atoms with Gasteiger partial charge in [-0.15, -0.1) is 0 Å². The van der Waals surface area contributed by atoms with Gasteiger partial charge >= 0.3 is 0 Å². The molecule has 0 unspecified atom stereocenters. The standard InChI is InChI=1S/C20H19N3O3/c1-5-6-16-19(14-7-9-15(24)10-8-14)20(17(11-21-25)23(16)4)18-12(2)22-26-13(18)3/h7-11,24-25H,1-4H3. The van der Waals surface area contributed by atoms with Crippen LogP contribution in [0.5, 0.6) is 5.75 Å². The number of aryl methyl sites for hydroxylation is 2. The Balaban J connectivity index is 2.49. The first-order chi connectivity index (χ1) is 12.5. The molecular weight excluding hydrogens is 330 g/mol. The number of aromatic hydroxyl groups is 1. The van der Waals surface area contributed by atoms with Gasteiger partial charge in [0.1, 0.15) is 17.2 Å². The maximum absolute atomic E-state index is 9.65. The molecule has 132 valence electrons. The minimum Gasteiger partial charge on any atom is -0.508 e. The summed E-state index contributed by atoms with van der Waals surface area (Å²) in [4.78, 5) is 0. The summed E-state index contributed by atoms with van der Waals surface area (Å²) in [5.74, 6) is 6.92. The van der Waals surface area contributed by atoms with Crippen molar-refractivity contribution in [1.82, 2.24) is 9.72 Å². The normalized spacial score (nSPS) is 10.9. The van der Waals surface area contributed by atoms with Gasteiger partial charge in [-0.2, -0.15) is 0 Å². The maximum atomic E-state index is 9.65. The van der Waals surface area contributed by atoms with Crippen molar-refractivity contribution in [3.8, 4) is 39.8 Å². The second-order valence-electron chi connectivity index (χ2n) is 5.91. The van der Waals surface area contributed by atoms with Gasteiger partial charge in [0.25, 0.3) is 0 Å². The van der Waals surface area contributed by atoms with Crippen molar-refractivity contribution in [2.45, 2.75) is 20.8 Å². The fourth-order valence-electron chi connectivity index (χ4n) is 3.18. The Labute approximate surface area is 151 Å². The van der Waals surface area contributed by atoms with Gasteiger partial charge < -0.3 is 19.4 Å². The summed E-state index contributed by atoms with van der Waals surface area (Å²) >= 11 is 0. The van der Waals surface area contributed by atoms with Crippen molar-refractivity contribution in [3.05, 3.63) is 47.1 Å². The Hall–Kier alpha value is -3.46. The lowest BCUT2D eigenvalue weighted by atomic mass is 9.94. The van der Waals surface area contributed by atoms with Crippen LogP contribution in [0.2, 0.25) is 0 Å². The van der Waals surface area contributed by atoms with Gasteiger partial charge in [-0.05, 0) is 44.4 Å². The third-order valence-corrected chi connectivity index (χ3v) is 4.30. The highest BCUT2D eigenvalue weighted by Gasteiger charge is 2.26. The predicted octanol–water partition coefficient (Wildman–Crippen LogP) is 3.85. The van der Waals surface area contributed by atoms with E-state index in [0.717, 1.165) is 33.6 Å². The molecule has 2 heterocycles. The maximum Gasteiger partial charge on any atom is 0.141 e. The Kier molecular flexibility index (Phi) is 4.55. The summed E-state index contributed by atoms with van der Waals surface area (Å²) in [6.07, 6.45) is 1.38. The van der Waals surface area contributed by atoms with E-state index in [1.54, 1.807) is 19.1 Å². The molecule has 6 nitrogen and oxygen atoms in total. The van der Waals surface area contributed by atoms with Gasteiger partial charge in [-0.3, -0.25) is 0 Å². The molecule has 3 rings (SSSR count). The van der Waals surface area contributed by atoms with Gasteiger partial charge in [0.05, 0.1) is 23.2 Å². The molecule has 0 aliphatic carbocycles. The number of hydrogen-bond acceptors (Lipinski definition) is 5. The molecule has 0 saturated heterocycles. The first kappa shape index (κ1) is 17.4. The Morgan fingerprint density at radius 1 is 1.15 bits per heavy atom. The average molecular weight is 349 g/mol. The highest BCUT2D eigenvalue weighted by Crippen LogP contribution is 2.41. The number of aromatic nitrogens is 2. The quantitative estimate of drug-likeness (QED) is 0.326. The number of phenolic OH excluding ortho intramolecular Hbond substituents is 1. The van der Waals surface area contributed by atoms with E-state index in [9.17, 15) is 10.3 Å². The SMILES string of the molecule is CC#Cc1c(-c2ccc(O)cc2)c(-c2c(C)noc2C)c(C=NO)n1C. The lowest BCUT2D eigenvalue weighted by molar-refractivity contribution is 0.321. The Morgan fingerprint density at radius 3 is 2.38 bits per heavy atom. The van der Waals surface area contributed by atoms with E-state index in [4.69, 9.17) is 4.52 Å². The third-order valence-electron chi connectivity index (χ3n) is 4.30. The first-order valence-electron chi connectivity index (χ1n) is 8.05. The van der Waals surface area contributed by atoms with E-state index in [1.165, 1.54) is 6.21 Å². The van der Waals surface area contributed by atoms with Crippen LogP contribution in [0.1, 0.15) is 29.8 Å². The number of benzene rings is 1. The van der Waals surface area contributed by atoms with Crippen molar-refractivity contribution in [2.24, 2.45) is 12.2 Å². The molecular formula is C20H19N3O3. The summed E-state index contributed by atoms with van der Waals surface area (Å²) in [5, 5.41) is 26.1. The fourth-order valence-corrected chi connectivity index (χ4v) is 3.18. The lowest BCUT2D eigenvalue weighted by Crippen LogP contribution is -1.99. The van der Waals surface area contributed by atoms with E-state index in [0.29, 0.717) is 11.5 Å². The van der Waals surface area contributed by atoms with Crippen LogP contribution >= 0.6 is 0 Å². The summed E-state index contributed by atoms with van der Waals surface area (Å²) < 4.78 is 7.23. The molecule has 0 saturated carbocycles. The average Bonchev–Trinajstić information content (AvgIpc) is 3.08.